The Morgan fingerprint density at radius 3 is 3.16 bits per heavy atom. The lowest BCUT2D eigenvalue weighted by molar-refractivity contribution is -0.139. The maximum Gasteiger partial charge on any atom is 0.331 e. The first-order valence-electron chi connectivity index (χ1n) is 7.56. The molecule has 25 heavy (non-hydrogen) atoms. The van der Waals surface area contributed by atoms with Crippen LogP contribution in [0.1, 0.15) is 17.2 Å². The molecule has 0 saturated heterocycles. The fraction of sp³-hybridized carbons (Fsp3) is 0.176. The zero-order valence-electron chi connectivity index (χ0n) is 13.3. The predicted molar refractivity (Wildman–Crippen MR) is 96.8 cm³/mol. The standard InChI is InChI=1S/C17H16N4O3S/c1-2-8-24-12-5-3-4-11(9-12)14(17(22)23)21-10-18-15-13(16(21)25)6-7-19-20-15/h2-5,7,9-10,14,20H,1,6,8H2,(H,22,23). The zero-order chi connectivity index (χ0) is 17.8. The predicted octanol–water partition coefficient (Wildman–Crippen LogP) is 2.81. The molecular weight excluding hydrogens is 340 g/mol. The fourth-order valence-corrected chi connectivity index (χ4v) is 2.90. The Hall–Kier alpha value is -3.00. The van der Waals surface area contributed by atoms with Gasteiger partial charge in [0.05, 0.1) is 6.33 Å². The number of rotatable bonds is 6. The molecule has 0 saturated carbocycles. The molecule has 0 amide bonds. The zero-order valence-corrected chi connectivity index (χ0v) is 14.1. The summed E-state index contributed by atoms with van der Waals surface area (Å²) in [6.45, 7) is 3.94. The van der Waals surface area contributed by atoms with Crippen molar-refractivity contribution in [3.05, 3.63) is 59.0 Å². The van der Waals surface area contributed by atoms with Gasteiger partial charge in [-0.1, -0.05) is 37.0 Å². The summed E-state index contributed by atoms with van der Waals surface area (Å²) in [5.41, 5.74) is 4.07. The van der Waals surface area contributed by atoms with Gasteiger partial charge in [0, 0.05) is 18.2 Å². The Balaban J connectivity index is 2.05. The number of anilines is 1. The largest absolute Gasteiger partial charge is 0.490 e. The van der Waals surface area contributed by atoms with Gasteiger partial charge in [-0.3, -0.25) is 5.43 Å². The minimum absolute atomic E-state index is 0.339. The first-order valence-corrected chi connectivity index (χ1v) is 7.96. The van der Waals surface area contributed by atoms with Crippen molar-refractivity contribution in [2.75, 3.05) is 12.0 Å². The van der Waals surface area contributed by atoms with Crippen LogP contribution in [0, 0.1) is 4.64 Å². The smallest absolute Gasteiger partial charge is 0.331 e. The molecule has 0 spiro atoms. The van der Waals surface area contributed by atoms with Gasteiger partial charge in [0.15, 0.2) is 11.9 Å². The van der Waals surface area contributed by atoms with E-state index in [4.69, 9.17) is 17.0 Å². The lowest BCUT2D eigenvalue weighted by Crippen LogP contribution is -2.23. The molecule has 0 bridgehead atoms. The molecule has 2 N–H and O–H groups in total. The van der Waals surface area contributed by atoms with Crippen molar-refractivity contribution in [1.82, 2.24) is 9.55 Å². The second-order valence-electron chi connectivity index (χ2n) is 5.32. The summed E-state index contributed by atoms with van der Waals surface area (Å²) in [6, 6.07) is 5.91. The van der Waals surface area contributed by atoms with Gasteiger partial charge in [-0.05, 0) is 17.7 Å². The van der Waals surface area contributed by atoms with Gasteiger partial charge in [0.2, 0.25) is 0 Å². The first-order chi connectivity index (χ1) is 12.1. The summed E-state index contributed by atoms with van der Waals surface area (Å²) in [5, 5.41) is 13.7. The van der Waals surface area contributed by atoms with Crippen molar-refractivity contribution < 1.29 is 14.6 Å². The molecule has 1 aromatic heterocycles. The number of ether oxygens (including phenoxy) is 1. The highest BCUT2D eigenvalue weighted by Gasteiger charge is 2.24. The highest BCUT2D eigenvalue weighted by atomic mass is 32.1. The van der Waals surface area contributed by atoms with E-state index in [1.807, 2.05) is 0 Å². The molecule has 2 aromatic rings. The van der Waals surface area contributed by atoms with E-state index in [-0.39, 0.29) is 0 Å². The minimum Gasteiger partial charge on any atom is -0.490 e. The molecule has 1 aliphatic heterocycles. The van der Waals surface area contributed by atoms with Crippen LogP contribution in [0.3, 0.4) is 0 Å². The monoisotopic (exact) mass is 356 g/mol. The number of carboxylic acids is 1. The molecule has 2 heterocycles. The van der Waals surface area contributed by atoms with Crippen LogP contribution >= 0.6 is 12.2 Å². The second-order valence-corrected chi connectivity index (χ2v) is 5.71. The Labute approximate surface area is 149 Å². The van der Waals surface area contributed by atoms with E-state index in [9.17, 15) is 9.90 Å². The Kier molecular flexibility index (Phi) is 4.90. The molecule has 1 atom stereocenters. The number of hydrogen-bond donors (Lipinski definition) is 2. The van der Waals surface area contributed by atoms with E-state index >= 15 is 0 Å². The molecule has 1 aromatic carbocycles. The van der Waals surface area contributed by atoms with Crippen LogP contribution in [0.25, 0.3) is 0 Å². The summed E-state index contributed by atoms with van der Waals surface area (Å²) < 4.78 is 7.38. The number of carbonyl (C=O) groups is 1. The summed E-state index contributed by atoms with van der Waals surface area (Å²) in [5.74, 6) is 0.0852. The molecule has 8 heteroatoms. The van der Waals surface area contributed by atoms with Crippen molar-refractivity contribution in [2.45, 2.75) is 12.5 Å². The minimum atomic E-state index is -1.03. The third-order valence-corrected chi connectivity index (χ3v) is 4.16. The lowest BCUT2D eigenvalue weighted by atomic mass is 10.1. The van der Waals surface area contributed by atoms with Gasteiger partial charge < -0.3 is 14.4 Å². The van der Waals surface area contributed by atoms with Crippen LogP contribution in [0.5, 0.6) is 5.75 Å². The van der Waals surface area contributed by atoms with Crippen molar-refractivity contribution in [3.63, 3.8) is 0 Å². The molecule has 0 radical (unpaired) electrons. The van der Waals surface area contributed by atoms with Crippen LogP contribution in [0.2, 0.25) is 0 Å². The van der Waals surface area contributed by atoms with Gasteiger partial charge in [0.1, 0.15) is 17.0 Å². The van der Waals surface area contributed by atoms with E-state index in [1.54, 1.807) is 36.6 Å². The van der Waals surface area contributed by atoms with Crippen LogP contribution in [-0.4, -0.2) is 33.4 Å². The maximum atomic E-state index is 12.0. The van der Waals surface area contributed by atoms with Crippen molar-refractivity contribution in [2.24, 2.45) is 5.10 Å². The van der Waals surface area contributed by atoms with E-state index < -0.39 is 12.0 Å². The number of nitrogens with one attached hydrogen (secondary N) is 1. The van der Waals surface area contributed by atoms with Crippen molar-refractivity contribution in [1.29, 1.82) is 0 Å². The van der Waals surface area contributed by atoms with Crippen LogP contribution in [0.4, 0.5) is 5.82 Å². The van der Waals surface area contributed by atoms with Crippen molar-refractivity contribution in [3.8, 4) is 5.75 Å². The molecule has 0 fully saturated rings. The number of benzene rings is 1. The van der Waals surface area contributed by atoms with Gasteiger partial charge in [-0.2, -0.15) is 5.10 Å². The Bertz CT molecular complexity index is 907. The average molecular weight is 356 g/mol. The topological polar surface area (TPSA) is 88.7 Å². The fourth-order valence-electron chi connectivity index (χ4n) is 2.57. The van der Waals surface area contributed by atoms with E-state index in [1.165, 1.54) is 10.9 Å². The highest BCUT2D eigenvalue weighted by molar-refractivity contribution is 7.71. The number of fused-ring (bicyclic) bond motifs is 1. The summed E-state index contributed by atoms with van der Waals surface area (Å²) in [4.78, 5) is 16.2. The van der Waals surface area contributed by atoms with Crippen LogP contribution < -0.4 is 10.2 Å². The maximum absolute atomic E-state index is 12.0. The van der Waals surface area contributed by atoms with Gasteiger partial charge >= 0.3 is 5.97 Å². The summed E-state index contributed by atoms with van der Waals surface area (Å²) in [7, 11) is 0. The Morgan fingerprint density at radius 2 is 2.40 bits per heavy atom. The second kappa shape index (κ2) is 7.27. The number of aliphatic carboxylic acids is 1. The van der Waals surface area contributed by atoms with Gasteiger partial charge in [0.25, 0.3) is 0 Å². The van der Waals surface area contributed by atoms with Crippen LogP contribution in [-0.2, 0) is 11.2 Å². The Morgan fingerprint density at radius 1 is 1.56 bits per heavy atom. The van der Waals surface area contributed by atoms with Crippen molar-refractivity contribution >= 4 is 30.2 Å². The highest BCUT2D eigenvalue weighted by Crippen LogP contribution is 2.26. The van der Waals surface area contributed by atoms with E-state index in [0.717, 1.165) is 5.56 Å². The molecule has 128 valence electrons. The van der Waals surface area contributed by atoms with Crippen LogP contribution in [0.15, 0.2) is 48.3 Å². The SMILES string of the molecule is C=CCOc1cccc(C(C(=O)O)n2cnc3c(c2=S)CC=NN3)c1. The lowest BCUT2D eigenvalue weighted by Gasteiger charge is -2.20. The third kappa shape index (κ3) is 3.43. The van der Waals surface area contributed by atoms with Gasteiger partial charge in [-0.25, -0.2) is 9.78 Å². The number of aromatic nitrogens is 2. The molecule has 3 rings (SSSR count). The molecule has 7 nitrogen and oxygen atoms in total. The molecular formula is C17H16N4O3S. The first kappa shape index (κ1) is 16.8. The van der Waals surface area contributed by atoms with E-state index in [2.05, 4.69) is 22.1 Å². The number of nitrogens with zero attached hydrogens (tertiary/aromatic N) is 3. The quantitative estimate of drug-likeness (QED) is 0.611. The number of hydrogen-bond acceptors (Lipinski definition) is 6. The van der Waals surface area contributed by atoms with Gasteiger partial charge in [-0.15, -0.1) is 0 Å². The summed E-state index contributed by atoms with van der Waals surface area (Å²) in [6.07, 6.45) is 5.22. The molecule has 1 aliphatic rings. The average Bonchev–Trinajstić information content (AvgIpc) is 2.62. The third-order valence-electron chi connectivity index (χ3n) is 3.70. The molecule has 1 unspecified atom stereocenters. The molecule has 0 aliphatic carbocycles. The van der Waals surface area contributed by atoms with E-state index in [0.29, 0.717) is 34.8 Å². The number of carboxylic acid groups (broad SMARTS) is 1. The summed E-state index contributed by atoms with van der Waals surface area (Å²) >= 11 is 5.49. The normalized spacial score (nSPS) is 13.4. The number of hydrazone groups is 1.